The lowest BCUT2D eigenvalue weighted by Crippen LogP contribution is -2.01. The van der Waals surface area contributed by atoms with Crippen LogP contribution in [0.25, 0.3) is 0 Å². The van der Waals surface area contributed by atoms with E-state index in [1.54, 1.807) is 24.0 Å². The van der Waals surface area contributed by atoms with E-state index >= 15 is 0 Å². The maximum absolute atomic E-state index is 13.2. The van der Waals surface area contributed by atoms with Crippen molar-refractivity contribution < 1.29 is 4.39 Å². The molecule has 0 aliphatic carbocycles. The number of halogens is 1. The lowest BCUT2D eigenvalue weighted by Gasteiger charge is -2.07. The molecule has 3 nitrogen and oxygen atoms in total. The first-order valence-electron chi connectivity index (χ1n) is 5.28. The number of aryl methyl sites for hydroxylation is 1. The van der Waals surface area contributed by atoms with Crippen molar-refractivity contribution >= 4 is 11.8 Å². The van der Waals surface area contributed by atoms with Crippen LogP contribution in [0.1, 0.15) is 11.1 Å². The van der Waals surface area contributed by atoms with E-state index in [4.69, 9.17) is 5.73 Å². The van der Waals surface area contributed by atoms with Gasteiger partial charge in [-0.05, 0) is 23.3 Å². The molecule has 17 heavy (non-hydrogen) atoms. The second-order valence-electron chi connectivity index (χ2n) is 3.73. The van der Waals surface area contributed by atoms with Gasteiger partial charge in [0.05, 0.1) is 0 Å². The van der Waals surface area contributed by atoms with Gasteiger partial charge < -0.3 is 10.3 Å². The third-order valence-electron chi connectivity index (χ3n) is 2.52. The Morgan fingerprint density at radius 3 is 2.88 bits per heavy atom. The van der Waals surface area contributed by atoms with Crippen LogP contribution in [0.5, 0.6) is 0 Å². The SMILES string of the molecule is Cn1ccnc1SCc1cc(F)ccc1CN. The van der Waals surface area contributed by atoms with E-state index in [9.17, 15) is 4.39 Å². The highest BCUT2D eigenvalue weighted by molar-refractivity contribution is 7.98. The van der Waals surface area contributed by atoms with Crippen molar-refractivity contribution in [3.8, 4) is 0 Å². The number of benzene rings is 1. The second kappa shape index (κ2) is 5.33. The van der Waals surface area contributed by atoms with Gasteiger partial charge in [0.2, 0.25) is 0 Å². The van der Waals surface area contributed by atoms with Crippen molar-refractivity contribution in [3.63, 3.8) is 0 Å². The van der Waals surface area contributed by atoms with Gasteiger partial charge in [0.1, 0.15) is 5.82 Å². The molecule has 1 aromatic carbocycles. The molecule has 0 saturated heterocycles. The first-order chi connectivity index (χ1) is 8.20. The third-order valence-corrected chi connectivity index (χ3v) is 3.63. The molecule has 0 saturated carbocycles. The Labute approximate surface area is 104 Å². The summed E-state index contributed by atoms with van der Waals surface area (Å²) in [7, 11) is 1.94. The van der Waals surface area contributed by atoms with Crippen molar-refractivity contribution in [3.05, 3.63) is 47.5 Å². The van der Waals surface area contributed by atoms with E-state index in [0.29, 0.717) is 12.3 Å². The van der Waals surface area contributed by atoms with Crippen molar-refractivity contribution in [2.75, 3.05) is 0 Å². The predicted octanol–water partition coefficient (Wildman–Crippen LogP) is 2.31. The first-order valence-corrected chi connectivity index (χ1v) is 6.26. The summed E-state index contributed by atoms with van der Waals surface area (Å²) in [6, 6.07) is 4.72. The molecular formula is C12H14FN3S. The van der Waals surface area contributed by atoms with Crippen LogP contribution in [0.4, 0.5) is 4.39 Å². The minimum Gasteiger partial charge on any atom is -0.329 e. The Balaban J connectivity index is 2.13. The summed E-state index contributed by atoms with van der Waals surface area (Å²) in [4.78, 5) is 4.21. The van der Waals surface area contributed by atoms with Crippen molar-refractivity contribution in [1.29, 1.82) is 0 Å². The molecule has 5 heteroatoms. The summed E-state index contributed by atoms with van der Waals surface area (Å²) < 4.78 is 15.1. The number of rotatable bonds is 4. The summed E-state index contributed by atoms with van der Waals surface area (Å²) in [6.07, 6.45) is 3.63. The number of nitrogens with two attached hydrogens (primary N) is 1. The number of imidazole rings is 1. The highest BCUT2D eigenvalue weighted by atomic mass is 32.2. The molecule has 0 atom stereocenters. The summed E-state index contributed by atoms with van der Waals surface area (Å²) in [5.41, 5.74) is 7.54. The molecule has 0 amide bonds. The summed E-state index contributed by atoms with van der Waals surface area (Å²) in [5, 5.41) is 0.914. The van der Waals surface area contributed by atoms with Gasteiger partial charge in [0.15, 0.2) is 5.16 Å². The van der Waals surface area contributed by atoms with Crippen LogP contribution in [0.3, 0.4) is 0 Å². The average Bonchev–Trinajstić information content (AvgIpc) is 2.72. The van der Waals surface area contributed by atoms with Crippen LogP contribution in [-0.4, -0.2) is 9.55 Å². The molecule has 2 rings (SSSR count). The van der Waals surface area contributed by atoms with E-state index in [0.717, 1.165) is 16.3 Å². The normalized spacial score (nSPS) is 10.8. The number of aromatic nitrogens is 2. The number of hydrogen-bond acceptors (Lipinski definition) is 3. The van der Waals surface area contributed by atoms with Crippen LogP contribution < -0.4 is 5.73 Å². The van der Waals surface area contributed by atoms with E-state index in [-0.39, 0.29) is 5.82 Å². The molecule has 0 aliphatic heterocycles. The van der Waals surface area contributed by atoms with Gasteiger partial charge >= 0.3 is 0 Å². The highest BCUT2D eigenvalue weighted by Crippen LogP contribution is 2.23. The largest absolute Gasteiger partial charge is 0.329 e. The summed E-state index contributed by atoms with van der Waals surface area (Å²) in [5.74, 6) is 0.451. The molecule has 0 fully saturated rings. The van der Waals surface area contributed by atoms with Crippen LogP contribution in [0, 0.1) is 5.82 Å². The van der Waals surface area contributed by atoms with Gasteiger partial charge in [-0.15, -0.1) is 0 Å². The highest BCUT2D eigenvalue weighted by Gasteiger charge is 2.06. The number of nitrogens with zero attached hydrogens (tertiary/aromatic N) is 2. The van der Waals surface area contributed by atoms with E-state index < -0.39 is 0 Å². The zero-order valence-corrected chi connectivity index (χ0v) is 10.4. The fourth-order valence-corrected chi connectivity index (χ4v) is 2.51. The monoisotopic (exact) mass is 251 g/mol. The van der Waals surface area contributed by atoms with Crippen LogP contribution >= 0.6 is 11.8 Å². The zero-order chi connectivity index (χ0) is 12.3. The number of thioether (sulfide) groups is 1. The Kier molecular flexibility index (Phi) is 3.81. The molecular weight excluding hydrogens is 237 g/mol. The molecule has 0 radical (unpaired) electrons. The molecule has 2 aromatic rings. The van der Waals surface area contributed by atoms with Crippen molar-refractivity contribution in [2.24, 2.45) is 12.8 Å². The number of hydrogen-bond donors (Lipinski definition) is 1. The third kappa shape index (κ3) is 2.87. The fraction of sp³-hybridized carbons (Fsp3) is 0.250. The smallest absolute Gasteiger partial charge is 0.167 e. The van der Waals surface area contributed by atoms with E-state index in [1.165, 1.54) is 12.1 Å². The van der Waals surface area contributed by atoms with Gasteiger partial charge in [-0.2, -0.15) is 0 Å². The quantitative estimate of drug-likeness (QED) is 0.848. The van der Waals surface area contributed by atoms with Crippen LogP contribution in [0.15, 0.2) is 35.7 Å². The Morgan fingerprint density at radius 2 is 2.24 bits per heavy atom. The standard InChI is InChI=1S/C12H14FN3S/c1-16-5-4-15-12(16)17-8-10-6-11(13)3-2-9(10)7-14/h2-6H,7-8,14H2,1H3. The fourth-order valence-electron chi connectivity index (χ4n) is 1.56. The summed E-state index contributed by atoms with van der Waals surface area (Å²) >= 11 is 1.57. The molecule has 0 bridgehead atoms. The van der Waals surface area contributed by atoms with Gasteiger partial charge in [0.25, 0.3) is 0 Å². The molecule has 0 spiro atoms. The van der Waals surface area contributed by atoms with E-state index in [1.807, 2.05) is 17.8 Å². The lowest BCUT2D eigenvalue weighted by atomic mass is 10.1. The molecule has 0 unspecified atom stereocenters. The van der Waals surface area contributed by atoms with Gasteiger partial charge in [-0.25, -0.2) is 9.37 Å². The second-order valence-corrected chi connectivity index (χ2v) is 4.67. The van der Waals surface area contributed by atoms with Crippen LogP contribution in [-0.2, 0) is 19.3 Å². The molecule has 2 N–H and O–H groups in total. The van der Waals surface area contributed by atoms with Crippen molar-refractivity contribution in [1.82, 2.24) is 9.55 Å². The molecule has 0 aliphatic rings. The minimum atomic E-state index is -0.224. The minimum absolute atomic E-state index is 0.224. The van der Waals surface area contributed by atoms with Gasteiger partial charge in [-0.1, -0.05) is 17.8 Å². The first kappa shape index (κ1) is 12.1. The van der Waals surface area contributed by atoms with E-state index in [2.05, 4.69) is 4.98 Å². The van der Waals surface area contributed by atoms with Gasteiger partial charge in [0, 0.05) is 31.7 Å². The maximum atomic E-state index is 13.2. The summed E-state index contributed by atoms with van der Waals surface area (Å²) in [6.45, 7) is 0.427. The molecule has 90 valence electrons. The van der Waals surface area contributed by atoms with Crippen molar-refractivity contribution in [2.45, 2.75) is 17.5 Å². The van der Waals surface area contributed by atoms with Gasteiger partial charge in [-0.3, -0.25) is 0 Å². The Bertz CT molecular complexity index is 510. The maximum Gasteiger partial charge on any atom is 0.167 e. The zero-order valence-electron chi connectivity index (χ0n) is 9.56. The van der Waals surface area contributed by atoms with Crippen LogP contribution in [0.2, 0.25) is 0 Å². The predicted molar refractivity (Wildman–Crippen MR) is 67.1 cm³/mol. The lowest BCUT2D eigenvalue weighted by molar-refractivity contribution is 0.625. The Morgan fingerprint density at radius 1 is 1.41 bits per heavy atom. The Hall–Kier alpha value is -1.33. The average molecular weight is 251 g/mol. The molecule has 1 heterocycles. The molecule has 1 aromatic heterocycles. The topological polar surface area (TPSA) is 43.8 Å².